The molecule has 3 aromatic rings. The molecule has 1 aliphatic heterocycles. The summed E-state index contributed by atoms with van der Waals surface area (Å²) >= 11 is 0. The Balaban J connectivity index is 1.58. The fourth-order valence-electron chi connectivity index (χ4n) is 3.29. The molecule has 1 saturated heterocycles. The second-order valence-corrected chi connectivity index (χ2v) is 8.34. The highest BCUT2D eigenvalue weighted by molar-refractivity contribution is 7.89. The van der Waals surface area contributed by atoms with Crippen molar-refractivity contribution in [3.8, 4) is 0 Å². The Kier molecular flexibility index (Phi) is 4.27. The van der Waals surface area contributed by atoms with E-state index in [1.54, 1.807) is 18.2 Å². The minimum atomic E-state index is -3.72. The maximum absolute atomic E-state index is 13.9. The summed E-state index contributed by atoms with van der Waals surface area (Å²) in [7, 11) is -2.20. The number of aromatic nitrogens is 1. The first-order valence-corrected chi connectivity index (χ1v) is 9.91. The second-order valence-electron chi connectivity index (χ2n) is 6.40. The van der Waals surface area contributed by atoms with Gasteiger partial charge in [0.15, 0.2) is 5.58 Å². The van der Waals surface area contributed by atoms with Gasteiger partial charge < -0.3 is 9.32 Å². The number of para-hydroxylation sites is 1. The second kappa shape index (κ2) is 6.50. The predicted molar refractivity (Wildman–Crippen MR) is 98.8 cm³/mol. The van der Waals surface area contributed by atoms with Crippen molar-refractivity contribution in [3.63, 3.8) is 0 Å². The van der Waals surface area contributed by atoms with Gasteiger partial charge in [-0.25, -0.2) is 17.6 Å². The van der Waals surface area contributed by atoms with Gasteiger partial charge in [-0.1, -0.05) is 12.1 Å². The summed E-state index contributed by atoms with van der Waals surface area (Å²) < 4.78 is 47.6. The smallest absolute Gasteiger partial charge is 0.408 e. The Labute approximate surface area is 155 Å². The third-order valence-electron chi connectivity index (χ3n) is 4.83. The third kappa shape index (κ3) is 3.02. The van der Waals surface area contributed by atoms with Crippen molar-refractivity contribution < 1.29 is 17.2 Å². The van der Waals surface area contributed by atoms with E-state index >= 15 is 0 Å². The normalized spacial score (nSPS) is 16.1. The van der Waals surface area contributed by atoms with E-state index in [4.69, 9.17) is 4.42 Å². The van der Waals surface area contributed by atoms with E-state index in [9.17, 15) is 17.6 Å². The van der Waals surface area contributed by atoms with Crippen molar-refractivity contribution in [1.29, 1.82) is 0 Å². The first kappa shape index (κ1) is 17.7. The molecule has 9 heteroatoms. The molecular weight excluding hydrogens is 373 g/mol. The molecule has 1 aliphatic rings. The molecule has 0 aliphatic carbocycles. The molecule has 0 atom stereocenters. The number of benzene rings is 2. The number of sulfonamides is 1. The van der Waals surface area contributed by atoms with Gasteiger partial charge in [0.05, 0.1) is 16.1 Å². The maximum Gasteiger partial charge on any atom is 0.419 e. The summed E-state index contributed by atoms with van der Waals surface area (Å²) in [5.74, 6) is -0.863. The van der Waals surface area contributed by atoms with E-state index in [0.717, 1.165) is 0 Å². The Bertz CT molecular complexity index is 1160. The van der Waals surface area contributed by atoms with Crippen LogP contribution >= 0.6 is 0 Å². The van der Waals surface area contributed by atoms with Crippen LogP contribution in [0, 0.1) is 5.82 Å². The Morgan fingerprint density at radius 3 is 2.44 bits per heavy atom. The number of anilines is 1. The highest BCUT2D eigenvalue weighted by Gasteiger charge is 2.29. The van der Waals surface area contributed by atoms with Crippen molar-refractivity contribution in [2.75, 3.05) is 31.1 Å². The van der Waals surface area contributed by atoms with Crippen molar-refractivity contribution in [1.82, 2.24) is 8.87 Å². The van der Waals surface area contributed by atoms with Gasteiger partial charge in [-0.2, -0.15) is 4.31 Å². The van der Waals surface area contributed by atoms with Gasteiger partial charge in [-0.3, -0.25) is 4.57 Å². The molecule has 0 N–H and O–H groups in total. The molecule has 0 spiro atoms. The van der Waals surface area contributed by atoms with Gasteiger partial charge >= 0.3 is 5.76 Å². The zero-order chi connectivity index (χ0) is 19.2. The highest BCUT2D eigenvalue weighted by atomic mass is 32.2. The lowest BCUT2D eigenvalue weighted by Gasteiger charge is -2.35. The number of hydrogen-bond acceptors (Lipinski definition) is 5. The fraction of sp³-hybridized carbons (Fsp3) is 0.278. The third-order valence-corrected chi connectivity index (χ3v) is 6.73. The average molecular weight is 391 g/mol. The van der Waals surface area contributed by atoms with Crippen LogP contribution in [0.15, 0.2) is 56.6 Å². The summed E-state index contributed by atoms with van der Waals surface area (Å²) in [5.41, 5.74) is 1.24. The summed E-state index contributed by atoms with van der Waals surface area (Å²) in [6, 6.07) is 10.8. The number of halogens is 1. The molecule has 7 nitrogen and oxygen atoms in total. The Morgan fingerprint density at radius 1 is 1.04 bits per heavy atom. The average Bonchev–Trinajstić information content (AvgIpc) is 2.96. The van der Waals surface area contributed by atoms with Crippen LogP contribution in [0.25, 0.3) is 11.1 Å². The van der Waals surface area contributed by atoms with Gasteiger partial charge in [-0.15, -0.1) is 0 Å². The van der Waals surface area contributed by atoms with Crippen molar-refractivity contribution in [2.45, 2.75) is 4.90 Å². The van der Waals surface area contributed by atoms with Crippen LogP contribution in [-0.4, -0.2) is 43.5 Å². The van der Waals surface area contributed by atoms with Crippen LogP contribution in [0.2, 0.25) is 0 Å². The zero-order valence-corrected chi connectivity index (χ0v) is 15.4. The van der Waals surface area contributed by atoms with Crippen LogP contribution in [-0.2, 0) is 17.1 Å². The van der Waals surface area contributed by atoms with Crippen LogP contribution in [0.3, 0.4) is 0 Å². The lowest BCUT2D eigenvalue weighted by Crippen LogP contribution is -2.48. The Morgan fingerprint density at radius 2 is 1.74 bits per heavy atom. The molecular formula is C18H18FN3O4S. The lowest BCUT2D eigenvalue weighted by molar-refractivity contribution is 0.383. The molecule has 1 aromatic heterocycles. The van der Waals surface area contributed by atoms with Crippen LogP contribution < -0.4 is 10.7 Å². The van der Waals surface area contributed by atoms with E-state index in [1.165, 1.54) is 40.2 Å². The van der Waals surface area contributed by atoms with E-state index in [2.05, 4.69) is 0 Å². The topological polar surface area (TPSA) is 75.8 Å². The molecule has 0 radical (unpaired) electrons. The molecule has 0 amide bonds. The van der Waals surface area contributed by atoms with Crippen LogP contribution in [0.5, 0.6) is 0 Å². The van der Waals surface area contributed by atoms with Crippen LogP contribution in [0.1, 0.15) is 0 Å². The summed E-state index contributed by atoms with van der Waals surface area (Å²) in [4.78, 5) is 13.5. The molecule has 1 fully saturated rings. The number of rotatable bonds is 3. The van der Waals surface area contributed by atoms with Gasteiger partial charge in [-0.05, 0) is 30.3 Å². The largest absolute Gasteiger partial charge is 0.419 e. The predicted octanol–water partition coefficient (Wildman–Crippen LogP) is 1.78. The maximum atomic E-state index is 13.9. The lowest BCUT2D eigenvalue weighted by atomic mass is 10.2. The number of fused-ring (bicyclic) bond motifs is 1. The molecule has 0 unspecified atom stereocenters. The van der Waals surface area contributed by atoms with Crippen molar-refractivity contribution in [2.24, 2.45) is 7.05 Å². The molecule has 142 valence electrons. The number of oxazole rings is 1. The zero-order valence-electron chi connectivity index (χ0n) is 14.6. The molecule has 0 saturated carbocycles. The van der Waals surface area contributed by atoms with E-state index in [-0.39, 0.29) is 23.8 Å². The molecule has 2 aromatic carbocycles. The quantitative estimate of drug-likeness (QED) is 0.680. The Hall–Kier alpha value is -2.65. The summed E-state index contributed by atoms with van der Waals surface area (Å²) in [6.07, 6.45) is 0. The molecule has 27 heavy (non-hydrogen) atoms. The summed E-state index contributed by atoms with van der Waals surface area (Å²) in [6.45, 7) is 1.29. The standard InChI is InChI=1S/C18H18FN3O4S/c1-20-16-12-13(6-7-17(16)26-18(20)23)27(24,25)22-10-8-21(9-11-22)15-5-3-2-4-14(15)19/h2-7,12H,8-11H2,1H3. The summed E-state index contributed by atoms with van der Waals surface area (Å²) in [5, 5.41) is 0. The van der Waals surface area contributed by atoms with E-state index < -0.39 is 15.8 Å². The number of piperazine rings is 1. The SMILES string of the molecule is Cn1c(=O)oc2ccc(S(=O)(=O)N3CCN(c4ccccc4F)CC3)cc21. The number of aryl methyl sites for hydroxylation is 1. The van der Waals surface area contributed by atoms with Crippen LogP contribution in [0.4, 0.5) is 10.1 Å². The number of nitrogens with zero attached hydrogens (tertiary/aromatic N) is 3. The van der Waals surface area contributed by atoms with E-state index in [1.807, 2.05) is 4.90 Å². The first-order chi connectivity index (χ1) is 12.9. The molecule has 2 heterocycles. The number of hydrogen-bond donors (Lipinski definition) is 0. The molecule has 4 rings (SSSR count). The van der Waals surface area contributed by atoms with Crippen molar-refractivity contribution >= 4 is 26.8 Å². The van der Waals surface area contributed by atoms with Crippen molar-refractivity contribution in [3.05, 3.63) is 58.8 Å². The minimum absolute atomic E-state index is 0.103. The van der Waals surface area contributed by atoms with E-state index in [0.29, 0.717) is 29.9 Å². The highest BCUT2D eigenvalue weighted by Crippen LogP contribution is 2.25. The van der Waals surface area contributed by atoms with Gasteiger partial charge in [0.25, 0.3) is 0 Å². The van der Waals surface area contributed by atoms with Gasteiger partial charge in [0, 0.05) is 33.2 Å². The minimum Gasteiger partial charge on any atom is -0.408 e. The first-order valence-electron chi connectivity index (χ1n) is 8.47. The monoisotopic (exact) mass is 391 g/mol. The van der Waals surface area contributed by atoms with Gasteiger partial charge in [0.2, 0.25) is 10.0 Å². The fourth-order valence-corrected chi connectivity index (χ4v) is 4.74. The molecule has 0 bridgehead atoms. The van der Waals surface area contributed by atoms with Gasteiger partial charge in [0.1, 0.15) is 5.82 Å².